The second-order valence-electron chi connectivity index (χ2n) is 4.28. The van der Waals surface area contributed by atoms with Crippen LogP contribution in [0.5, 0.6) is 5.75 Å². The van der Waals surface area contributed by atoms with Crippen molar-refractivity contribution in [3.63, 3.8) is 0 Å². The molecule has 1 aromatic carbocycles. The summed E-state index contributed by atoms with van der Waals surface area (Å²) in [5.41, 5.74) is 11.3. The summed E-state index contributed by atoms with van der Waals surface area (Å²) in [6.07, 6.45) is 0. The number of ether oxygens (including phenoxy) is 1. The van der Waals surface area contributed by atoms with Crippen LogP contribution >= 0.6 is 11.3 Å². The number of primary amides is 2. The molecule has 0 atom stereocenters. The lowest BCUT2D eigenvalue weighted by Gasteiger charge is -2.08. The first kappa shape index (κ1) is 15.8. The van der Waals surface area contributed by atoms with Gasteiger partial charge in [0.25, 0.3) is 5.91 Å². The number of amides is 3. The average Bonchev–Trinajstić information content (AvgIpc) is 2.88. The van der Waals surface area contributed by atoms with E-state index in [4.69, 9.17) is 21.3 Å². The van der Waals surface area contributed by atoms with E-state index in [1.54, 1.807) is 24.3 Å². The number of nitrogens with two attached hydrogens (primary N) is 2. The molecule has 0 unspecified atom stereocenters. The minimum atomic E-state index is -0.777. The number of hydrogen-bond donors (Lipinski definition) is 4. The van der Waals surface area contributed by atoms with Crippen LogP contribution in [0.1, 0.15) is 10.4 Å². The molecule has 8 heteroatoms. The van der Waals surface area contributed by atoms with Crippen molar-refractivity contribution in [1.29, 1.82) is 0 Å². The number of aliphatic hydroxyl groups excluding tert-OH is 1. The van der Waals surface area contributed by atoms with E-state index in [0.29, 0.717) is 10.6 Å². The van der Waals surface area contributed by atoms with Gasteiger partial charge < -0.3 is 21.3 Å². The van der Waals surface area contributed by atoms with Crippen LogP contribution in [0.2, 0.25) is 0 Å². The third kappa shape index (κ3) is 3.54. The third-order valence-corrected chi connectivity index (χ3v) is 3.82. The largest absolute Gasteiger partial charge is 0.491 e. The van der Waals surface area contributed by atoms with Gasteiger partial charge in [0, 0.05) is 10.4 Å². The molecule has 0 spiro atoms. The quantitative estimate of drug-likeness (QED) is 0.640. The average molecular weight is 321 g/mol. The number of para-hydroxylation sites is 1. The minimum absolute atomic E-state index is 0.111. The van der Waals surface area contributed by atoms with Gasteiger partial charge in [0.2, 0.25) is 0 Å². The van der Waals surface area contributed by atoms with E-state index in [2.05, 4.69) is 5.32 Å². The number of nitrogens with one attached hydrogen (secondary N) is 1. The Bertz CT molecular complexity index is 699. The highest BCUT2D eigenvalue weighted by molar-refractivity contribution is 7.20. The molecule has 0 aliphatic heterocycles. The van der Waals surface area contributed by atoms with Gasteiger partial charge in [-0.3, -0.25) is 10.1 Å². The van der Waals surface area contributed by atoms with Crippen LogP contribution in [0.15, 0.2) is 30.3 Å². The molecule has 0 saturated heterocycles. The molecule has 6 N–H and O–H groups in total. The van der Waals surface area contributed by atoms with Crippen LogP contribution in [0.25, 0.3) is 10.4 Å². The number of hydrogen-bond acceptors (Lipinski definition) is 5. The minimum Gasteiger partial charge on any atom is -0.491 e. The summed E-state index contributed by atoms with van der Waals surface area (Å²) in [5.74, 6) is -0.112. The number of benzene rings is 1. The van der Waals surface area contributed by atoms with Gasteiger partial charge >= 0.3 is 6.03 Å². The molecule has 0 aliphatic carbocycles. The zero-order chi connectivity index (χ0) is 16.1. The fourth-order valence-corrected chi connectivity index (χ4v) is 2.96. The number of aliphatic hydroxyl groups is 1. The van der Waals surface area contributed by atoms with Crippen LogP contribution in [-0.4, -0.2) is 30.3 Å². The maximum atomic E-state index is 11.5. The Morgan fingerprint density at radius 3 is 2.64 bits per heavy atom. The second-order valence-corrected chi connectivity index (χ2v) is 5.33. The van der Waals surface area contributed by atoms with Gasteiger partial charge in [-0.2, -0.15) is 0 Å². The molecule has 0 saturated carbocycles. The van der Waals surface area contributed by atoms with Crippen LogP contribution in [0, 0.1) is 0 Å². The summed E-state index contributed by atoms with van der Waals surface area (Å²) in [7, 11) is 0. The lowest BCUT2D eigenvalue weighted by molar-refractivity contribution is 0.100. The van der Waals surface area contributed by atoms with Gasteiger partial charge in [0.15, 0.2) is 0 Å². The number of rotatable bonds is 6. The number of carbonyl (C=O) groups is 2. The maximum absolute atomic E-state index is 11.5. The molecule has 0 radical (unpaired) electrons. The molecule has 0 bridgehead atoms. The predicted molar refractivity (Wildman–Crippen MR) is 84.1 cm³/mol. The molecule has 2 aromatic rings. The highest BCUT2D eigenvalue weighted by Crippen LogP contribution is 2.39. The summed E-state index contributed by atoms with van der Waals surface area (Å²) in [5, 5.41) is 11.5. The summed E-state index contributed by atoms with van der Waals surface area (Å²) < 4.78 is 5.46. The zero-order valence-electron chi connectivity index (χ0n) is 11.5. The number of carbonyl (C=O) groups excluding carboxylic acids is 2. The third-order valence-electron chi connectivity index (χ3n) is 2.74. The summed E-state index contributed by atoms with van der Waals surface area (Å²) >= 11 is 1.16. The highest BCUT2D eigenvalue weighted by atomic mass is 32.1. The smallest absolute Gasteiger partial charge is 0.317 e. The fourth-order valence-electron chi connectivity index (χ4n) is 1.86. The lowest BCUT2D eigenvalue weighted by atomic mass is 10.1. The van der Waals surface area contributed by atoms with Crippen molar-refractivity contribution in [1.82, 2.24) is 0 Å². The van der Waals surface area contributed by atoms with Crippen molar-refractivity contribution in [2.24, 2.45) is 11.5 Å². The summed E-state index contributed by atoms with van der Waals surface area (Å²) in [6.45, 7) is 0.0389. The summed E-state index contributed by atoms with van der Waals surface area (Å²) in [4.78, 5) is 23.2. The van der Waals surface area contributed by atoms with Crippen molar-refractivity contribution < 1.29 is 19.4 Å². The monoisotopic (exact) mass is 321 g/mol. The Morgan fingerprint density at radius 2 is 2.00 bits per heavy atom. The van der Waals surface area contributed by atoms with Crippen molar-refractivity contribution >= 4 is 28.3 Å². The van der Waals surface area contributed by atoms with E-state index in [1.807, 2.05) is 6.07 Å². The first-order valence-electron chi connectivity index (χ1n) is 6.36. The Labute approximate surface area is 130 Å². The molecule has 1 heterocycles. The SMILES string of the molecule is NC(=O)Nc1sc(-c2ccccc2OCCO)cc1C(N)=O. The first-order valence-corrected chi connectivity index (χ1v) is 7.17. The van der Waals surface area contributed by atoms with Crippen molar-refractivity contribution in [3.05, 3.63) is 35.9 Å². The molecule has 2 rings (SSSR count). The number of anilines is 1. The highest BCUT2D eigenvalue weighted by Gasteiger charge is 2.17. The van der Waals surface area contributed by atoms with Gasteiger partial charge in [-0.05, 0) is 18.2 Å². The zero-order valence-corrected chi connectivity index (χ0v) is 12.4. The van der Waals surface area contributed by atoms with Crippen LogP contribution in [0.4, 0.5) is 9.80 Å². The van der Waals surface area contributed by atoms with E-state index in [0.717, 1.165) is 16.9 Å². The van der Waals surface area contributed by atoms with Crippen molar-refractivity contribution in [2.75, 3.05) is 18.5 Å². The molecule has 7 nitrogen and oxygen atoms in total. The Balaban J connectivity index is 2.44. The molecule has 0 aliphatic rings. The maximum Gasteiger partial charge on any atom is 0.317 e. The van der Waals surface area contributed by atoms with Gasteiger partial charge in [-0.25, -0.2) is 4.79 Å². The number of thiophene rings is 1. The van der Waals surface area contributed by atoms with Gasteiger partial charge in [0.1, 0.15) is 17.4 Å². The molecule has 1 aromatic heterocycles. The molecule has 22 heavy (non-hydrogen) atoms. The molecular weight excluding hydrogens is 306 g/mol. The van der Waals surface area contributed by atoms with Gasteiger partial charge in [-0.15, -0.1) is 11.3 Å². The van der Waals surface area contributed by atoms with E-state index in [9.17, 15) is 9.59 Å². The Kier molecular flexibility index (Phi) is 4.97. The topological polar surface area (TPSA) is 128 Å². The molecule has 116 valence electrons. The molecular formula is C14H15N3O4S. The van der Waals surface area contributed by atoms with E-state index >= 15 is 0 Å². The Morgan fingerprint density at radius 1 is 1.27 bits per heavy atom. The first-order chi connectivity index (χ1) is 10.5. The van der Waals surface area contributed by atoms with Crippen molar-refractivity contribution in [2.45, 2.75) is 0 Å². The molecule has 3 amide bonds. The second kappa shape index (κ2) is 6.92. The molecule has 0 fully saturated rings. The predicted octanol–water partition coefficient (Wildman–Crippen LogP) is 1.38. The number of urea groups is 1. The van der Waals surface area contributed by atoms with Crippen LogP contribution in [0.3, 0.4) is 0 Å². The lowest BCUT2D eigenvalue weighted by Crippen LogP contribution is -2.21. The van der Waals surface area contributed by atoms with Gasteiger partial charge in [0.05, 0.1) is 12.2 Å². The van der Waals surface area contributed by atoms with Gasteiger partial charge in [-0.1, -0.05) is 12.1 Å². The van der Waals surface area contributed by atoms with Crippen molar-refractivity contribution in [3.8, 4) is 16.2 Å². The van der Waals surface area contributed by atoms with Crippen LogP contribution < -0.4 is 21.5 Å². The fraction of sp³-hybridized carbons (Fsp3) is 0.143. The summed E-state index contributed by atoms with van der Waals surface area (Å²) in [6, 6.07) is 7.95. The standard InChI is InChI=1S/C14H15N3O4S/c15-12(19)9-7-11(22-13(9)17-14(16)20)8-3-1-2-4-10(8)21-6-5-18/h1-4,7,18H,5-6H2,(H2,15,19)(H3,16,17,20). The van der Waals surface area contributed by atoms with E-state index in [1.165, 1.54) is 0 Å². The van der Waals surface area contributed by atoms with Crippen LogP contribution in [-0.2, 0) is 0 Å². The van der Waals surface area contributed by atoms with E-state index < -0.39 is 11.9 Å². The Hall–Kier alpha value is -2.58. The normalized spacial score (nSPS) is 10.2. The van der Waals surface area contributed by atoms with E-state index in [-0.39, 0.29) is 23.8 Å².